The average molecular weight is 253 g/mol. The van der Waals surface area contributed by atoms with Gasteiger partial charge in [-0.15, -0.1) is 0 Å². The molecular formula is C15H21ClO. The molecule has 0 amide bonds. The maximum Gasteiger partial charge on any atom is 0.0910 e. The van der Waals surface area contributed by atoms with E-state index in [0.29, 0.717) is 10.9 Å². The largest absolute Gasteiger partial charge is 0.385 e. The zero-order valence-electron chi connectivity index (χ0n) is 10.6. The lowest BCUT2D eigenvalue weighted by molar-refractivity contribution is -0.0263. The molecule has 0 aromatic heterocycles. The smallest absolute Gasteiger partial charge is 0.0910 e. The molecule has 1 atom stereocenters. The lowest BCUT2D eigenvalue weighted by Crippen LogP contribution is -2.34. The molecule has 94 valence electrons. The Labute approximate surface area is 109 Å². The van der Waals surface area contributed by atoms with Crippen LogP contribution in [0.2, 0.25) is 5.02 Å². The molecule has 17 heavy (non-hydrogen) atoms. The van der Waals surface area contributed by atoms with E-state index >= 15 is 0 Å². The van der Waals surface area contributed by atoms with Gasteiger partial charge in [-0.25, -0.2) is 0 Å². The minimum absolute atomic E-state index is 0.332. The second kappa shape index (κ2) is 4.99. The molecule has 2 heteroatoms. The Balaban J connectivity index is 2.21. The van der Waals surface area contributed by atoms with Crippen molar-refractivity contribution >= 4 is 11.6 Å². The predicted octanol–water partition coefficient (Wildman–Crippen LogP) is 4.37. The van der Waals surface area contributed by atoms with Crippen molar-refractivity contribution < 1.29 is 5.11 Å². The van der Waals surface area contributed by atoms with Gasteiger partial charge in [0.2, 0.25) is 0 Å². The molecule has 0 saturated heterocycles. The second-order valence-electron chi connectivity index (χ2n) is 5.58. The minimum Gasteiger partial charge on any atom is -0.385 e. The molecule has 0 bridgehead atoms. The summed E-state index contributed by atoms with van der Waals surface area (Å²) >= 11 is 6.20. The molecule has 1 N–H and O–H groups in total. The lowest BCUT2D eigenvalue weighted by Gasteiger charge is -2.38. The normalized spacial score (nSPS) is 28.7. The molecule has 0 heterocycles. The van der Waals surface area contributed by atoms with Crippen molar-refractivity contribution in [2.24, 2.45) is 11.8 Å². The number of rotatable bonds is 2. The fourth-order valence-electron chi connectivity index (χ4n) is 2.91. The monoisotopic (exact) mass is 252 g/mol. The van der Waals surface area contributed by atoms with Gasteiger partial charge < -0.3 is 5.11 Å². The minimum atomic E-state index is -0.793. The second-order valence-corrected chi connectivity index (χ2v) is 5.99. The predicted molar refractivity (Wildman–Crippen MR) is 72.1 cm³/mol. The van der Waals surface area contributed by atoms with E-state index < -0.39 is 5.60 Å². The standard InChI is InChI=1S/C15H21ClO/c1-11-7-9-12(10-8-11)15(2,17)13-5-3-4-6-14(13)16/h3-6,11-12,17H,7-10H2,1-2H3. The van der Waals surface area contributed by atoms with Crippen molar-refractivity contribution in [1.29, 1.82) is 0 Å². The summed E-state index contributed by atoms with van der Waals surface area (Å²) < 4.78 is 0. The van der Waals surface area contributed by atoms with E-state index in [1.807, 2.05) is 31.2 Å². The zero-order valence-corrected chi connectivity index (χ0v) is 11.4. The summed E-state index contributed by atoms with van der Waals surface area (Å²) in [4.78, 5) is 0. The maximum absolute atomic E-state index is 10.8. The number of hydrogen-bond donors (Lipinski definition) is 1. The molecule has 1 unspecified atom stereocenters. The third-order valence-corrected chi connectivity index (χ3v) is 4.56. The van der Waals surface area contributed by atoms with Crippen LogP contribution in [0.15, 0.2) is 24.3 Å². The molecule has 1 aliphatic rings. The Bertz CT molecular complexity index is 378. The van der Waals surface area contributed by atoms with E-state index in [2.05, 4.69) is 6.92 Å². The first-order valence-corrected chi connectivity index (χ1v) is 6.87. The molecule has 1 fully saturated rings. The van der Waals surface area contributed by atoms with Crippen LogP contribution in [0.25, 0.3) is 0 Å². The Kier molecular flexibility index (Phi) is 3.79. The highest BCUT2D eigenvalue weighted by atomic mass is 35.5. The topological polar surface area (TPSA) is 20.2 Å². The van der Waals surface area contributed by atoms with Gasteiger partial charge in [-0.05, 0) is 37.7 Å². The summed E-state index contributed by atoms with van der Waals surface area (Å²) in [6, 6.07) is 7.66. The fraction of sp³-hybridized carbons (Fsp3) is 0.600. The van der Waals surface area contributed by atoms with Gasteiger partial charge in [-0.1, -0.05) is 49.6 Å². The van der Waals surface area contributed by atoms with E-state index in [1.165, 1.54) is 12.8 Å². The van der Waals surface area contributed by atoms with Crippen molar-refractivity contribution in [3.63, 3.8) is 0 Å². The first-order chi connectivity index (χ1) is 8.01. The third-order valence-electron chi connectivity index (χ3n) is 4.23. The van der Waals surface area contributed by atoms with Gasteiger partial charge in [0.25, 0.3) is 0 Å². The highest BCUT2D eigenvalue weighted by Crippen LogP contribution is 2.42. The molecule has 0 aliphatic heterocycles. The summed E-state index contributed by atoms with van der Waals surface area (Å²) in [5.41, 5.74) is 0.0830. The van der Waals surface area contributed by atoms with Crippen molar-refractivity contribution in [2.75, 3.05) is 0 Å². The molecular weight excluding hydrogens is 232 g/mol. The molecule has 1 aromatic rings. The van der Waals surface area contributed by atoms with E-state index in [-0.39, 0.29) is 0 Å². The molecule has 0 radical (unpaired) electrons. The SMILES string of the molecule is CC1CCC(C(C)(O)c2ccccc2Cl)CC1. The number of halogens is 1. The average Bonchev–Trinajstić information content (AvgIpc) is 2.30. The van der Waals surface area contributed by atoms with Gasteiger partial charge in [-0.2, -0.15) is 0 Å². The van der Waals surface area contributed by atoms with E-state index in [4.69, 9.17) is 11.6 Å². The van der Waals surface area contributed by atoms with E-state index in [0.717, 1.165) is 24.3 Å². The summed E-state index contributed by atoms with van der Waals surface area (Å²) in [5, 5.41) is 11.5. The van der Waals surface area contributed by atoms with Crippen molar-refractivity contribution in [3.05, 3.63) is 34.9 Å². The highest BCUT2D eigenvalue weighted by molar-refractivity contribution is 6.31. The zero-order chi connectivity index (χ0) is 12.5. The number of benzene rings is 1. The van der Waals surface area contributed by atoms with Gasteiger partial charge in [0.15, 0.2) is 0 Å². The molecule has 0 spiro atoms. The summed E-state index contributed by atoms with van der Waals surface area (Å²) in [6.07, 6.45) is 4.62. The van der Waals surface area contributed by atoms with Crippen molar-refractivity contribution in [2.45, 2.75) is 45.1 Å². The first kappa shape index (κ1) is 12.9. The van der Waals surface area contributed by atoms with E-state index in [1.54, 1.807) is 0 Å². The Hall–Kier alpha value is -0.530. The van der Waals surface area contributed by atoms with E-state index in [9.17, 15) is 5.11 Å². The van der Waals surface area contributed by atoms with Crippen LogP contribution in [0.3, 0.4) is 0 Å². The van der Waals surface area contributed by atoms with Crippen molar-refractivity contribution in [3.8, 4) is 0 Å². The van der Waals surface area contributed by atoms with Gasteiger partial charge in [0.1, 0.15) is 0 Å². The first-order valence-electron chi connectivity index (χ1n) is 6.49. The molecule has 2 rings (SSSR count). The van der Waals surface area contributed by atoms with Gasteiger partial charge in [-0.3, -0.25) is 0 Å². The fourth-order valence-corrected chi connectivity index (χ4v) is 3.24. The van der Waals surface area contributed by atoms with Gasteiger partial charge >= 0.3 is 0 Å². The highest BCUT2D eigenvalue weighted by Gasteiger charge is 2.36. The van der Waals surface area contributed by atoms with Crippen LogP contribution in [0.5, 0.6) is 0 Å². The Morgan fingerprint density at radius 3 is 2.35 bits per heavy atom. The maximum atomic E-state index is 10.8. The summed E-state index contributed by atoms with van der Waals surface area (Å²) in [7, 11) is 0. The van der Waals surface area contributed by atoms with Crippen LogP contribution >= 0.6 is 11.6 Å². The third kappa shape index (κ3) is 2.66. The summed E-state index contributed by atoms with van der Waals surface area (Å²) in [6.45, 7) is 4.20. The van der Waals surface area contributed by atoms with Gasteiger partial charge in [0.05, 0.1) is 5.60 Å². The van der Waals surface area contributed by atoms with Crippen LogP contribution in [0, 0.1) is 11.8 Å². The molecule has 1 aliphatic carbocycles. The van der Waals surface area contributed by atoms with Crippen LogP contribution < -0.4 is 0 Å². The number of aliphatic hydroxyl groups is 1. The van der Waals surface area contributed by atoms with Crippen LogP contribution in [-0.2, 0) is 5.60 Å². The molecule has 1 nitrogen and oxygen atoms in total. The summed E-state index contributed by atoms with van der Waals surface area (Å²) in [5.74, 6) is 1.13. The van der Waals surface area contributed by atoms with Crippen molar-refractivity contribution in [1.82, 2.24) is 0 Å². The lowest BCUT2D eigenvalue weighted by atomic mass is 9.72. The van der Waals surface area contributed by atoms with Crippen LogP contribution in [0.4, 0.5) is 0 Å². The Morgan fingerprint density at radius 2 is 1.76 bits per heavy atom. The van der Waals surface area contributed by atoms with Crippen LogP contribution in [-0.4, -0.2) is 5.11 Å². The van der Waals surface area contributed by atoms with Crippen LogP contribution in [0.1, 0.15) is 45.1 Å². The number of hydrogen-bond acceptors (Lipinski definition) is 1. The van der Waals surface area contributed by atoms with Gasteiger partial charge in [0, 0.05) is 10.6 Å². The molecule has 1 aromatic carbocycles. The Morgan fingerprint density at radius 1 is 1.18 bits per heavy atom. The quantitative estimate of drug-likeness (QED) is 0.829. The molecule has 1 saturated carbocycles.